The Hall–Kier alpha value is -4.06. The van der Waals surface area contributed by atoms with Crippen LogP contribution in [0.5, 0.6) is 0 Å². The zero-order chi connectivity index (χ0) is 27.6. The van der Waals surface area contributed by atoms with Crippen LogP contribution in [0.3, 0.4) is 0 Å². The van der Waals surface area contributed by atoms with Crippen molar-refractivity contribution in [3.05, 3.63) is 179 Å². The van der Waals surface area contributed by atoms with Crippen molar-refractivity contribution < 1.29 is 10.2 Å². The van der Waals surface area contributed by atoms with Crippen molar-refractivity contribution in [2.75, 3.05) is 13.2 Å². The van der Waals surface area contributed by atoms with E-state index >= 15 is 0 Å². The Bertz CT molecular complexity index is 1300. The van der Waals surface area contributed by atoms with Crippen LogP contribution in [0.2, 0.25) is 0 Å². The first-order valence-corrected chi connectivity index (χ1v) is 13.8. The van der Waals surface area contributed by atoms with Crippen LogP contribution in [0.4, 0.5) is 0 Å². The highest BCUT2D eigenvalue weighted by atomic mass is 16.3. The lowest BCUT2D eigenvalue weighted by molar-refractivity contribution is 0.237. The third-order valence-electron chi connectivity index (χ3n) is 7.37. The molecule has 5 aromatic rings. The van der Waals surface area contributed by atoms with Gasteiger partial charge in [0.05, 0.1) is 37.4 Å². The van der Waals surface area contributed by atoms with Gasteiger partial charge >= 0.3 is 0 Å². The number of nitrogens with one attached hydrogen (secondary N) is 2. The van der Waals surface area contributed by atoms with Crippen LogP contribution in [0.25, 0.3) is 0 Å². The Kier molecular flexibility index (Phi) is 9.51. The molecule has 4 N–H and O–H groups in total. The summed E-state index contributed by atoms with van der Waals surface area (Å²) in [5.74, 6) is 0. The average Bonchev–Trinajstić information content (AvgIpc) is 3.04. The predicted octanol–water partition coefficient (Wildman–Crippen LogP) is 6.51. The molecule has 0 unspecified atom stereocenters. The normalized spacial score (nSPS) is 14.2. The summed E-state index contributed by atoms with van der Waals surface area (Å²) in [7, 11) is 0. The topological polar surface area (TPSA) is 64.5 Å². The lowest BCUT2D eigenvalue weighted by Gasteiger charge is -2.28. The number of rotatable bonds is 12. The smallest absolute Gasteiger partial charge is 0.0626 e. The van der Waals surface area contributed by atoms with E-state index in [-0.39, 0.29) is 37.4 Å². The van der Waals surface area contributed by atoms with Gasteiger partial charge in [-0.05, 0) is 33.4 Å². The molecular formula is C36H36N2O2. The van der Waals surface area contributed by atoms with Crippen molar-refractivity contribution in [2.24, 2.45) is 0 Å². The maximum Gasteiger partial charge on any atom is 0.0626 e. The molecule has 0 aliphatic heterocycles. The van der Waals surface area contributed by atoms with Gasteiger partial charge in [0.25, 0.3) is 0 Å². The fraction of sp³-hybridized carbons (Fsp3) is 0.167. The summed E-state index contributed by atoms with van der Waals surface area (Å²) in [5, 5.41) is 27.9. The number of hydrogen-bond acceptors (Lipinski definition) is 4. The lowest BCUT2D eigenvalue weighted by atomic mass is 9.92. The summed E-state index contributed by atoms with van der Waals surface area (Å²) < 4.78 is 0. The molecule has 5 aromatic carbocycles. The molecule has 4 heteroatoms. The van der Waals surface area contributed by atoms with Gasteiger partial charge in [-0.15, -0.1) is 0 Å². The fourth-order valence-electron chi connectivity index (χ4n) is 5.22. The number of benzene rings is 5. The Morgan fingerprint density at radius 1 is 0.350 bits per heavy atom. The molecule has 0 spiro atoms. The molecule has 4 nitrogen and oxygen atoms in total. The summed E-state index contributed by atoms with van der Waals surface area (Å²) in [6, 6.07) is 48.8. The van der Waals surface area contributed by atoms with Crippen LogP contribution < -0.4 is 10.6 Å². The highest BCUT2D eigenvalue weighted by Crippen LogP contribution is 2.30. The van der Waals surface area contributed by atoms with Crippen LogP contribution in [0.15, 0.2) is 146 Å². The fourth-order valence-corrected chi connectivity index (χ4v) is 5.22. The Labute approximate surface area is 237 Å². The molecule has 202 valence electrons. The van der Waals surface area contributed by atoms with E-state index in [4.69, 9.17) is 0 Å². The SMILES string of the molecule is OC[C@H](N[C@H](c1ccccc1)c1ccc([C@H](N[C@@H](CO)c2ccccc2)c2ccccc2)cc1)c1ccccc1. The third kappa shape index (κ3) is 6.74. The molecular weight excluding hydrogens is 492 g/mol. The van der Waals surface area contributed by atoms with Crippen LogP contribution in [-0.2, 0) is 0 Å². The minimum absolute atomic E-state index is 0.00648. The summed E-state index contributed by atoms with van der Waals surface area (Å²) in [6.07, 6.45) is 0. The second-order valence-corrected chi connectivity index (χ2v) is 9.98. The molecule has 0 aromatic heterocycles. The standard InChI is InChI=1S/C36H36N2O2/c39-25-33(27-13-5-1-6-14-27)37-35(29-17-9-3-10-18-29)31-21-23-32(24-22-31)36(30-19-11-4-12-20-30)38-34(26-40)28-15-7-2-8-16-28/h1-24,33-40H,25-26H2/t33-,34-,35+,36+/m0/s1. The van der Waals surface area contributed by atoms with Gasteiger partial charge in [0.2, 0.25) is 0 Å². The van der Waals surface area contributed by atoms with Gasteiger partial charge in [0.15, 0.2) is 0 Å². The average molecular weight is 529 g/mol. The van der Waals surface area contributed by atoms with Gasteiger partial charge in [0, 0.05) is 0 Å². The van der Waals surface area contributed by atoms with E-state index in [9.17, 15) is 10.2 Å². The zero-order valence-corrected chi connectivity index (χ0v) is 22.5. The van der Waals surface area contributed by atoms with Crippen molar-refractivity contribution in [3.8, 4) is 0 Å². The van der Waals surface area contributed by atoms with Crippen molar-refractivity contribution in [1.82, 2.24) is 10.6 Å². The molecule has 0 aliphatic carbocycles. The van der Waals surface area contributed by atoms with Crippen molar-refractivity contribution in [1.29, 1.82) is 0 Å². The molecule has 0 amide bonds. The Morgan fingerprint density at radius 2 is 0.600 bits per heavy atom. The van der Waals surface area contributed by atoms with E-state index in [1.165, 1.54) is 0 Å². The van der Waals surface area contributed by atoms with Crippen LogP contribution in [-0.4, -0.2) is 23.4 Å². The zero-order valence-electron chi connectivity index (χ0n) is 22.5. The van der Waals surface area contributed by atoms with E-state index in [1.54, 1.807) is 0 Å². The lowest BCUT2D eigenvalue weighted by Crippen LogP contribution is -2.30. The second kappa shape index (κ2) is 13.8. The highest BCUT2D eigenvalue weighted by Gasteiger charge is 2.22. The molecule has 0 fully saturated rings. The van der Waals surface area contributed by atoms with Gasteiger partial charge in [-0.2, -0.15) is 0 Å². The minimum Gasteiger partial charge on any atom is -0.394 e. The van der Waals surface area contributed by atoms with Gasteiger partial charge < -0.3 is 10.2 Å². The van der Waals surface area contributed by atoms with Gasteiger partial charge in [-0.25, -0.2) is 0 Å². The molecule has 40 heavy (non-hydrogen) atoms. The quantitative estimate of drug-likeness (QED) is 0.149. The Balaban J connectivity index is 1.47. The number of aliphatic hydroxyl groups excluding tert-OH is 2. The van der Waals surface area contributed by atoms with E-state index < -0.39 is 0 Å². The predicted molar refractivity (Wildman–Crippen MR) is 162 cm³/mol. The van der Waals surface area contributed by atoms with E-state index in [0.29, 0.717) is 0 Å². The largest absolute Gasteiger partial charge is 0.394 e. The molecule has 5 rings (SSSR count). The van der Waals surface area contributed by atoms with E-state index in [0.717, 1.165) is 33.4 Å². The first-order chi connectivity index (χ1) is 19.8. The first kappa shape index (κ1) is 27.5. The van der Waals surface area contributed by atoms with Crippen molar-refractivity contribution >= 4 is 0 Å². The van der Waals surface area contributed by atoms with Crippen molar-refractivity contribution in [2.45, 2.75) is 24.2 Å². The van der Waals surface area contributed by atoms with Crippen LogP contribution in [0.1, 0.15) is 57.5 Å². The third-order valence-corrected chi connectivity index (χ3v) is 7.37. The molecule has 0 aliphatic rings. The number of hydrogen-bond donors (Lipinski definition) is 4. The maximum atomic E-state index is 10.3. The van der Waals surface area contributed by atoms with Gasteiger partial charge in [-0.1, -0.05) is 146 Å². The summed E-state index contributed by atoms with van der Waals surface area (Å²) >= 11 is 0. The van der Waals surface area contributed by atoms with E-state index in [1.807, 2.05) is 97.1 Å². The monoisotopic (exact) mass is 528 g/mol. The maximum absolute atomic E-state index is 10.3. The second-order valence-electron chi connectivity index (χ2n) is 9.98. The van der Waals surface area contributed by atoms with Gasteiger partial charge in [-0.3, -0.25) is 10.6 Å². The van der Waals surface area contributed by atoms with Crippen molar-refractivity contribution in [3.63, 3.8) is 0 Å². The molecule has 0 radical (unpaired) electrons. The molecule has 0 bridgehead atoms. The van der Waals surface area contributed by atoms with Crippen LogP contribution >= 0.6 is 0 Å². The van der Waals surface area contributed by atoms with E-state index in [2.05, 4.69) is 59.2 Å². The summed E-state index contributed by atoms with van der Waals surface area (Å²) in [4.78, 5) is 0. The first-order valence-electron chi connectivity index (χ1n) is 13.8. The molecule has 4 atom stereocenters. The number of aliphatic hydroxyl groups is 2. The minimum atomic E-state index is -0.207. The summed E-state index contributed by atoms with van der Waals surface area (Å²) in [5.41, 5.74) is 6.58. The highest BCUT2D eigenvalue weighted by molar-refractivity contribution is 5.39. The van der Waals surface area contributed by atoms with Gasteiger partial charge in [0.1, 0.15) is 0 Å². The Morgan fingerprint density at radius 3 is 0.875 bits per heavy atom. The molecule has 0 saturated carbocycles. The molecule has 0 heterocycles. The summed E-state index contributed by atoms with van der Waals surface area (Å²) in [6.45, 7) is -0.0130. The van der Waals surface area contributed by atoms with Crippen LogP contribution in [0, 0.1) is 0 Å². The molecule has 0 saturated heterocycles.